The lowest BCUT2D eigenvalue weighted by Crippen LogP contribution is -2.14. The summed E-state index contributed by atoms with van der Waals surface area (Å²) >= 11 is 1.64. The van der Waals surface area contributed by atoms with Crippen molar-refractivity contribution in [2.24, 2.45) is 4.99 Å². The van der Waals surface area contributed by atoms with Crippen LogP contribution >= 0.6 is 11.3 Å². The number of aliphatic imine (C=N–C) groups is 1. The van der Waals surface area contributed by atoms with Gasteiger partial charge in [-0.3, -0.25) is 4.79 Å². The molecule has 8 heteroatoms. The SMILES string of the molecule is CCOc1cc(C=Nc2sc3c(c2C(=O)Nc2cccc(C)c2)CCCCCC3)ccc1OCc1ccc2c(c1)OCO2. The molecule has 1 aliphatic heterocycles. The molecule has 0 saturated carbocycles. The van der Waals surface area contributed by atoms with Crippen molar-refractivity contribution in [2.45, 2.75) is 59.0 Å². The fourth-order valence-electron chi connectivity index (χ4n) is 5.46. The predicted octanol–water partition coefficient (Wildman–Crippen LogP) is 8.42. The zero-order valence-electron chi connectivity index (χ0n) is 24.6. The Morgan fingerprint density at radius 2 is 1.81 bits per heavy atom. The van der Waals surface area contributed by atoms with E-state index in [0.717, 1.165) is 70.1 Å². The first kappa shape index (κ1) is 28.8. The molecule has 0 radical (unpaired) electrons. The Bertz CT molecular complexity index is 1640. The number of anilines is 1. The van der Waals surface area contributed by atoms with Crippen molar-refractivity contribution in [1.82, 2.24) is 0 Å². The maximum Gasteiger partial charge on any atom is 0.259 e. The van der Waals surface area contributed by atoms with Crippen LogP contribution in [0.2, 0.25) is 0 Å². The van der Waals surface area contributed by atoms with Gasteiger partial charge in [0.1, 0.15) is 11.6 Å². The first-order chi connectivity index (χ1) is 21.1. The fourth-order valence-corrected chi connectivity index (χ4v) is 6.69. The topological polar surface area (TPSA) is 78.4 Å². The van der Waals surface area contributed by atoms with E-state index in [4.69, 9.17) is 23.9 Å². The molecule has 1 N–H and O–H groups in total. The second kappa shape index (κ2) is 13.3. The second-order valence-corrected chi connectivity index (χ2v) is 11.9. The largest absolute Gasteiger partial charge is 0.490 e. The van der Waals surface area contributed by atoms with Crippen LogP contribution in [-0.4, -0.2) is 25.5 Å². The van der Waals surface area contributed by atoms with Gasteiger partial charge in [-0.2, -0.15) is 0 Å². The highest BCUT2D eigenvalue weighted by Gasteiger charge is 2.24. The Balaban J connectivity index is 1.25. The number of hydrogen-bond donors (Lipinski definition) is 1. The average molecular weight is 597 g/mol. The van der Waals surface area contributed by atoms with Crippen molar-refractivity contribution in [3.63, 3.8) is 0 Å². The molecule has 3 aromatic carbocycles. The lowest BCUT2D eigenvalue weighted by molar-refractivity contribution is 0.102. The average Bonchev–Trinajstić information content (AvgIpc) is 3.59. The lowest BCUT2D eigenvalue weighted by atomic mass is 9.96. The van der Waals surface area contributed by atoms with Gasteiger partial charge in [-0.15, -0.1) is 11.3 Å². The summed E-state index contributed by atoms with van der Waals surface area (Å²) in [7, 11) is 0. The molecule has 0 saturated heterocycles. The molecule has 2 aliphatic rings. The van der Waals surface area contributed by atoms with Crippen LogP contribution in [0.3, 0.4) is 0 Å². The van der Waals surface area contributed by atoms with Gasteiger partial charge >= 0.3 is 0 Å². The molecule has 1 aliphatic carbocycles. The van der Waals surface area contributed by atoms with Crippen LogP contribution in [0.25, 0.3) is 0 Å². The van der Waals surface area contributed by atoms with Gasteiger partial charge in [0, 0.05) is 16.8 Å². The number of thiophene rings is 1. The molecular formula is C35H36N2O5S. The smallest absolute Gasteiger partial charge is 0.259 e. The van der Waals surface area contributed by atoms with E-state index in [1.54, 1.807) is 11.3 Å². The standard InChI is InChI=1S/C35H36N2O5S/c1-3-39-30-18-24(13-15-28(30)40-21-25-14-16-29-31(19-25)42-22-41-29)20-36-35-33(27-11-6-4-5-7-12-32(27)43-35)34(38)37-26-10-8-9-23(2)17-26/h8-10,13-20H,3-7,11-12,21-22H2,1-2H3,(H,37,38). The summed E-state index contributed by atoms with van der Waals surface area (Å²) in [5.74, 6) is 2.66. The predicted molar refractivity (Wildman–Crippen MR) is 171 cm³/mol. The molecule has 0 bridgehead atoms. The molecule has 0 atom stereocenters. The van der Waals surface area contributed by atoms with Crippen molar-refractivity contribution in [3.8, 4) is 23.0 Å². The molecule has 6 rings (SSSR count). The van der Waals surface area contributed by atoms with Crippen LogP contribution in [0, 0.1) is 6.92 Å². The van der Waals surface area contributed by atoms with Crippen molar-refractivity contribution in [1.29, 1.82) is 0 Å². The minimum atomic E-state index is -0.0990. The number of aryl methyl sites for hydroxylation is 2. The van der Waals surface area contributed by atoms with Crippen molar-refractivity contribution in [2.75, 3.05) is 18.7 Å². The van der Waals surface area contributed by atoms with Crippen LogP contribution in [0.15, 0.2) is 65.7 Å². The third-order valence-electron chi connectivity index (χ3n) is 7.59. The minimum absolute atomic E-state index is 0.0990. The van der Waals surface area contributed by atoms with Gasteiger partial charge in [0.25, 0.3) is 5.91 Å². The zero-order chi connectivity index (χ0) is 29.6. The molecule has 0 unspecified atom stereocenters. The highest BCUT2D eigenvalue weighted by atomic mass is 32.1. The Labute approximate surface area is 256 Å². The second-order valence-electron chi connectivity index (χ2n) is 10.8. The Kier molecular flexibility index (Phi) is 8.93. The summed E-state index contributed by atoms with van der Waals surface area (Å²) in [4.78, 5) is 19.9. The summed E-state index contributed by atoms with van der Waals surface area (Å²) in [6, 6.07) is 19.5. The number of carbonyl (C=O) groups excluding carboxylic acids is 1. The number of amides is 1. The number of nitrogens with one attached hydrogen (secondary N) is 1. The summed E-state index contributed by atoms with van der Waals surface area (Å²) < 4.78 is 23.0. The van der Waals surface area contributed by atoms with Gasteiger partial charge in [-0.25, -0.2) is 4.99 Å². The molecule has 1 amide bonds. The van der Waals surface area contributed by atoms with E-state index in [-0.39, 0.29) is 12.7 Å². The molecule has 2 heterocycles. The van der Waals surface area contributed by atoms with Gasteiger partial charge in [0.2, 0.25) is 6.79 Å². The van der Waals surface area contributed by atoms with Gasteiger partial charge in [0.05, 0.1) is 12.2 Å². The third kappa shape index (κ3) is 6.86. The van der Waals surface area contributed by atoms with E-state index in [1.165, 1.54) is 17.7 Å². The van der Waals surface area contributed by atoms with Crippen LogP contribution in [0.1, 0.15) is 70.1 Å². The highest BCUT2D eigenvalue weighted by molar-refractivity contribution is 7.16. The highest BCUT2D eigenvalue weighted by Crippen LogP contribution is 2.40. The summed E-state index contributed by atoms with van der Waals surface area (Å²) in [5.41, 5.74) is 5.60. The van der Waals surface area contributed by atoms with Crippen molar-refractivity contribution >= 4 is 34.1 Å². The van der Waals surface area contributed by atoms with Crippen LogP contribution in [0.4, 0.5) is 10.7 Å². The summed E-state index contributed by atoms with van der Waals surface area (Å²) in [6.45, 7) is 5.08. The molecule has 0 fully saturated rings. The maximum absolute atomic E-state index is 13.7. The minimum Gasteiger partial charge on any atom is -0.490 e. The van der Waals surface area contributed by atoms with Crippen LogP contribution < -0.4 is 24.3 Å². The zero-order valence-corrected chi connectivity index (χ0v) is 25.4. The van der Waals surface area contributed by atoms with Gasteiger partial charge in [-0.1, -0.05) is 31.0 Å². The third-order valence-corrected chi connectivity index (χ3v) is 8.79. The van der Waals surface area contributed by atoms with Crippen molar-refractivity contribution < 1.29 is 23.7 Å². The Morgan fingerprint density at radius 1 is 0.953 bits per heavy atom. The van der Waals surface area contributed by atoms with Crippen LogP contribution in [0.5, 0.6) is 23.0 Å². The summed E-state index contributed by atoms with van der Waals surface area (Å²) in [6.07, 6.45) is 8.35. The molecule has 1 aromatic heterocycles. The molecule has 0 spiro atoms. The molecule has 43 heavy (non-hydrogen) atoms. The number of nitrogens with zero attached hydrogens (tertiary/aromatic N) is 1. The molecule has 4 aromatic rings. The number of fused-ring (bicyclic) bond motifs is 2. The van der Waals surface area contributed by atoms with E-state index >= 15 is 0 Å². The Hall–Kier alpha value is -4.30. The number of ether oxygens (including phenoxy) is 4. The normalized spacial score (nSPS) is 14.2. The van der Waals surface area contributed by atoms with E-state index < -0.39 is 0 Å². The molecule has 7 nitrogen and oxygen atoms in total. The first-order valence-electron chi connectivity index (χ1n) is 14.9. The number of rotatable bonds is 9. The Morgan fingerprint density at radius 3 is 2.67 bits per heavy atom. The van der Waals surface area contributed by atoms with Gasteiger partial charge < -0.3 is 24.3 Å². The summed E-state index contributed by atoms with van der Waals surface area (Å²) in [5, 5.41) is 3.88. The van der Waals surface area contributed by atoms with E-state index in [9.17, 15) is 4.79 Å². The molecule has 222 valence electrons. The van der Waals surface area contributed by atoms with E-state index in [0.29, 0.717) is 30.3 Å². The molecular weight excluding hydrogens is 560 g/mol. The number of carbonyl (C=O) groups is 1. The number of benzene rings is 3. The maximum atomic E-state index is 13.7. The number of hydrogen-bond acceptors (Lipinski definition) is 7. The van der Waals surface area contributed by atoms with Crippen molar-refractivity contribution in [3.05, 3.63) is 93.4 Å². The van der Waals surface area contributed by atoms with Gasteiger partial charge in [-0.05, 0) is 104 Å². The first-order valence-corrected chi connectivity index (χ1v) is 15.7. The quantitative estimate of drug-likeness (QED) is 0.196. The monoisotopic (exact) mass is 596 g/mol. The lowest BCUT2D eigenvalue weighted by Gasteiger charge is -2.13. The fraction of sp³-hybridized carbons (Fsp3) is 0.314. The van der Waals surface area contributed by atoms with Gasteiger partial charge in [0.15, 0.2) is 23.0 Å². The van der Waals surface area contributed by atoms with E-state index in [2.05, 4.69) is 5.32 Å². The van der Waals surface area contributed by atoms with E-state index in [1.807, 2.05) is 80.7 Å². The van der Waals surface area contributed by atoms with Crippen LogP contribution in [-0.2, 0) is 19.4 Å².